The van der Waals surface area contributed by atoms with E-state index in [1.54, 1.807) is 13.2 Å². The Labute approximate surface area is 150 Å². The molecule has 4 rings (SSSR count). The lowest BCUT2D eigenvalue weighted by atomic mass is 9.63. The van der Waals surface area contributed by atoms with Crippen molar-refractivity contribution >= 4 is 0 Å². The number of fused-ring (bicyclic) bond motifs is 1. The molecule has 0 aromatic heterocycles. The molecule has 134 valence electrons. The third-order valence-corrected chi connectivity index (χ3v) is 7.17. The van der Waals surface area contributed by atoms with Gasteiger partial charge in [-0.1, -0.05) is 49.4 Å². The van der Waals surface area contributed by atoms with Crippen LogP contribution in [0.25, 0.3) is 0 Å². The fourth-order valence-corrected chi connectivity index (χ4v) is 6.39. The van der Waals surface area contributed by atoms with Gasteiger partial charge < -0.3 is 14.6 Å². The Morgan fingerprint density at radius 1 is 1.24 bits per heavy atom. The summed E-state index contributed by atoms with van der Waals surface area (Å²) in [4.78, 5) is 0. The van der Waals surface area contributed by atoms with Crippen molar-refractivity contribution in [3.05, 3.63) is 61.2 Å². The van der Waals surface area contributed by atoms with Crippen LogP contribution in [0.5, 0.6) is 0 Å². The van der Waals surface area contributed by atoms with Gasteiger partial charge in [0.05, 0.1) is 5.60 Å². The molecule has 0 spiro atoms. The van der Waals surface area contributed by atoms with Crippen LogP contribution in [0.2, 0.25) is 0 Å². The van der Waals surface area contributed by atoms with Crippen molar-refractivity contribution in [3.8, 4) is 0 Å². The average molecular weight is 340 g/mol. The predicted octanol–water partition coefficient (Wildman–Crippen LogP) is 4.05. The van der Waals surface area contributed by atoms with E-state index in [4.69, 9.17) is 9.47 Å². The summed E-state index contributed by atoms with van der Waals surface area (Å²) in [5.74, 6) is 0.00817. The first-order chi connectivity index (χ1) is 12.0. The molecule has 0 radical (unpaired) electrons. The van der Waals surface area contributed by atoms with Crippen molar-refractivity contribution in [2.24, 2.45) is 17.8 Å². The smallest absolute Gasteiger partial charge is 0.198 e. The Morgan fingerprint density at radius 2 is 1.92 bits per heavy atom. The maximum absolute atomic E-state index is 11.9. The van der Waals surface area contributed by atoms with Gasteiger partial charge in [0.15, 0.2) is 5.79 Å². The van der Waals surface area contributed by atoms with E-state index in [9.17, 15) is 5.11 Å². The van der Waals surface area contributed by atoms with Gasteiger partial charge in [-0.2, -0.15) is 0 Å². The fraction of sp³-hybridized carbons (Fsp3) is 0.545. The van der Waals surface area contributed by atoms with E-state index >= 15 is 0 Å². The second-order valence-electron chi connectivity index (χ2n) is 8.01. The van der Waals surface area contributed by atoms with E-state index < -0.39 is 17.0 Å². The molecule has 2 unspecified atom stereocenters. The molecule has 1 aromatic rings. The summed E-state index contributed by atoms with van der Waals surface area (Å²) in [7, 11) is 1.66. The van der Waals surface area contributed by atoms with Crippen LogP contribution in [0.15, 0.2) is 55.6 Å². The number of benzene rings is 1. The minimum absolute atomic E-state index is 0.0351. The summed E-state index contributed by atoms with van der Waals surface area (Å²) in [6.45, 7) is 10.2. The van der Waals surface area contributed by atoms with E-state index in [1.807, 2.05) is 12.1 Å². The highest BCUT2D eigenvalue weighted by atomic mass is 16.7. The molecule has 1 aliphatic carbocycles. The normalized spacial score (nSPS) is 47.2. The van der Waals surface area contributed by atoms with Crippen molar-refractivity contribution in [1.29, 1.82) is 0 Å². The van der Waals surface area contributed by atoms with Gasteiger partial charge >= 0.3 is 0 Å². The zero-order valence-electron chi connectivity index (χ0n) is 15.2. The first-order valence-electron chi connectivity index (χ1n) is 9.24. The Balaban J connectivity index is 1.92. The van der Waals surface area contributed by atoms with Gasteiger partial charge in [0.25, 0.3) is 0 Å². The third-order valence-electron chi connectivity index (χ3n) is 7.17. The molecule has 2 aliphatic heterocycles. The Bertz CT molecular complexity index is 674. The zero-order valence-corrected chi connectivity index (χ0v) is 15.2. The Morgan fingerprint density at radius 3 is 2.52 bits per heavy atom. The summed E-state index contributed by atoms with van der Waals surface area (Å²) < 4.78 is 12.5. The van der Waals surface area contributed by atoms with Crippen LogP contribution in [-0.2, 0) is 9.47 Å². The topological polar surface area (TPSA) is 38.7 Å². The minimum atomic E-state index is -1.08. The van der Waals surface area contributed by atoms with Gasteiger partial charge in [0, 0.05) is 19.4 Å². The van der Waals surface area contributed by atoms with Crippen LogP contribution in [0, 0.1) is 17.8 Å². The largest absolute Gasteiger partial charge is 0.383 e. The molecule has 3 heteroatoms. The SMILES string of the molecule is C=CCC12OC3(OC)C[C@H]1[C@H](C)[C@@H](c1ccccc1)[C@H]2[C@]3(O)CC=C. The van der Waals surface area contributed by atoms with Crippen molar-refractivity contribution in [2.45, 2.75) is 49.1 Å². The van der Waals surface area contributed by atoms with E-state index in [0.717, 1.165) is 12.8 Å². The van der Waals surface area contributed by atoms with Crippen molar-refractivity contribution in [1.82, 2.24) is 0 Å². The zero-order chi connectivity index (χ0) is 17.9. The predicted molar refractivity (Wildman–Crippen MR) is 98.1 cm³/mol. The van der Waals surface area contributed by atoms with Crippen molar-refractivity contribution < 1.29 is 14.6 Å². The van der Waals surface area contributed by atoms with E-state index in [0.29, 0.717) is 18.3 Å². The monoisotopic (exact) mass is 340 g/mol. The summed E-state index contributed by atoms with van der Waals surface area (Å²) in [6, 6.07) is 10.5. The van der Waals surface area contributed by atoms with Gasteiger partial charge in [0.1, 0.15) is 5.60 Å². The van der Waals surface area contributed by atoms with E-state index in [1.165, 1.54) is 5.56 Å². The molecular weight excluding hydrogens is 312 g/mol. The quantitative estimate of drug-likeness (QED) is 0.794. The minimum Gasteiger partial charge on any atom is -0.383 e. The van der Waals surface area contributed by atoms with Crippen molar-refractivity contribution in [2.75, 3.05) is 7.11 Å². The molecule has 0 amide bonds. The molecule has 1 aromatic carbocycles. The van der Waals surface area contributed by atoms with E-state index in [-0.39, 0.29) is 11.8 Å². The standard InChI is InChI=1S/C22H28O3/c1-5-12-20-17-14-22(24-4,25-20)21(23,13-6-2)19(20)18(15(17)3)16-10-8-7-9-11-16/h5-11,15,17-19,23H,1-2,12-14H2,3-4H3/t15-,17-,18-,19+,20?,21+,22?/m0/s1. The molecule has 3 nitrogen and oxygen atoms in total. The number of aliphatic hydroxyl groups is 1. The lowest BCUT2D eigenvalue weighted by molar-refractivity contribution is -0.268. The first kappa shape index (κ1) is 17.0. The van der Waals surface area contributed by atoms with Crippen LogP contribution < -0.4 is 0 Å². The van der Waals surface area contributed by atoms with Crippen LogP contribution >= 0.6 is 0 Å². The van der Waals surface area contributed by atoms with Gasteiger partial charge in [-0.25, -0.2) is 0 Å². The average Bonchev–Trinajstić information content (AvgIpc) is 3.11. The summed E-state index contributed by atoms with van der Waals surface area (Å²) in [5, 5.41) is 11.9. The highest BCUT2D eigenvalue weighted by Gasteiger charge is 2.83. The maximum Gasteiger partial charge on any atom is 0.198 e. The molecule has 2 bridgehead atoms. The van der Waals surface area contributed by atoms with Crippen LogP contribution in [0.3, 0.4) is 0 Å². The lowest BCUT2D eigenvalue weighted by Crippen LogP contribution is -2.58. The molecule has 1 saturated carbocycles. The molecule has 2 saturated heterocycles. The summed E-state index contributed by atoms with van der Waals surface area (Å²) in [6.07, 6.45) is 5.66. The molecule has 7 atom stereocenters. The van der Waals surface area contributed by atoms with Crippen LogP contribution in [0.1, 0.15) is 37.7 Å². The number of rotatable bonds is 6. The van der Waals surface area contributed by atoms with Gasteiger partial charge in [0.2, 0.25) is 0 Å². The number of hydrogen-bond donors (Lipinski definition) is 1. The lowest BCUT2D eigenvalue weighted by Gasteiger charge is -2.44. The molecule has 3 fully saturated rings. The van der Waals surface area contributed by atoms with Crippen LogP contribution in [-0.4, -0.2) is 29.2 Å². The highest BCUT2D eigenvalue weighted by Crippen LogP contribution is 2.75. The molecule has 3 aliphatic rings. The maximum atomic E-state index is 11.9. The number of ether oxygens (including phenoxy) is 2. The van der Waals surface area contributed by atoms with Crippen LogP contribution in [0.4, 0.5) is 0 Å². The highest BCUT2D eigenvalue weighted by molar-refractivity contribution is 5.37. The first-order valence-corrected chi connectivity index (χ1v) is 9.24. The number of hydrogen-bond acceptors (Lipinski definition) is 3. The summed E-state index contributed by atoms with van der Waals surface area (Å²) >= 11 is 0. The Hall–Kier alpha value is -1.42. The molecule has 25 heavy (non-hydrogen) atoms. The Kier molecular flexibility index (Phi) is 3.77. The van der Waals surface area contributed by atoms with Gasteiger partial charge in [-0.3, -0.25) is 0 Å². The molecule has 1 N–H and O–H groups in total. The third kappa shape index (κ3) is 1.87. The molecule has 2 heterocycles. The van der Waals surface area contributed by atoms with Crippen molar-refractivity contribution in [3.63, 3.8) is 0 Å². The number of methoxy groups -OCH3 is 1. The second-order valence-corrected chi connectivity index (χ2v) is 8.01. The van der Waals surface area contributed by atoms with Gasteiger partial charge in [-0.05, 0) is 36.2 Å². The van der Waals surface area contributed by atoms with E-state index in [2.05, 4.69) is 44.3 Å². The second kappa shape index (κ2) is 5.54. The van der Waals surface area contributed by atoms with Gasteiger partial charge in [-0.15, -0.1) is 13.2 Å². The molecular formula is C22H28O3. The fourth-order valence-electron chi connectivity index (χ4n) is 6.39. The summed E-state index contributed by atoms with van der Waals surface area (Å²) in [5.41, 5.74) is -0.209.